The van der Waals surface area contributed by atoms with Gasteiger partial charge in [-0.25, -0.2) is 0 Å². The first-order valence-electron chi connectivity index (χ1n) is 6.33. The molecule has 94 valence electrons. The average molecular weight is 253 g/mol. The Morgan fingerprint density at radius 3 is 2.71 bits per heavy atom. The summed E-state index contributed by atoms with van der Waals surface area (Å²) in [6, 6.07) is 6.20. The van der Waals surface area contributed by atoms with E-state index in [9.17, 15) is 0 Å². The van der Waals surface area contributed by atoms with Gasteiger partial charge >= 0.3 is 0 Å². The summed E-state index contributed by atoms with van der Waals surface area (Å²) in [6.07, 6.45) is 2.59. The lowest BCUT2D eigenvalue weighted by Gasteiger charge is -2.29. The Bertz CT molecular complexity index is 370. The predicted molar refractivity (Wildman–Crippen MR) is 74.9 cm³/mol. The summed E-state index contributed by atoms with van der Waals surface area (Å²) in [4.78, 5) is 2.40. The molecule has 3 heteroatoms. The van der Waals surface area contributed by atoms with Crippen LogP contribution in [0.3, 0.4) is 0 Å². The highest BCUT2D eigenvalue weighted by molar-refractivity contribution is 6.31. The van der Waals surface area contributed by atoms with Crippen molar-refractivity contribution in [2.75, 3.05) is 32.0 Å². The van der Waals surface area contributed by atoms with Crippen LogP contribution < -0.4 is 5.32 Å². The number of nitrogens with zero attached hydrogens (tertiary/aromatic N) is 1. The van der Waals surface area contributed by atoms with Gasteiger partial charge < -0.3 is 10.2 Å². The zero-order chi connectivity index (χ0) is 12.3. The highest BCUT2D eigenvalue weighted by Gasteiger charge is 2.16. The van der Waals surface area contributed by atoms with Gasteiger partial charge in [0.15, 0.2) is 0 Å². The molecule has 0 unspecified atom stereocenters. The second-order valence-electron chi connectivity index (χ2n) is 5.09. The summed E-state index contributed by atoms with van der Waals surface area (Å²) < 4.78 is 0. The van der Waals surface area contributed by atoms with E-state index >= 15 is 0 Å². The molecule has 2 nitrogen and oxygen atoms in total. The topological polar surface area (TPSA) is 15.3 Å². The summed E-state index contributed by atoms with van der Waals surface area (Å²) >= 11 is 6.11. The first kappa shape index (κ1) is 12.7. The van der Waals surface area contributed by atoms with Gasteiger partial charge in [-0.3, -0.25) is 0 Å². The van der Waals surface area contributed by atoms with Crippen LogP contribution in [0.4, 0.5) is 5.69 Å². The van der Waals surface area contributed by atoms with E-state index in [-0.39, 0.29) is 0 Å². The Morgan fingerprint density at radius 1 is 1.35 bits per heavy atom. The lowest BCUT2D eigenvalue weighted by molar-refractivity contribution is 0.226. The number of nitrogens with one attached hydrogen (secondary N) is 1. The van der Waals surface area contributed by atoms with Gasteiger partial charge in [-0.1, -0.05) is 17.7 Å². The Hall–Kier alpha value is -0.730. The van der Waals surface area contributed by atoms with E-state index in [1.165, 1.54) is 25.9 Å². The number of hydrogen-bond acceptors (Lipinski definition) is 2. The van der Waals surface area contributed by atoms with Crippen LogP contribution >= 0.6 is 11.6 Å². The third kappa shape index (κ3) is 3.62. The van der Waals surface area contributed by atoms with E-state index in [0.717, 1.165) is 28.7 Å². The van der Waals surface area contributed by atoms with Gasteiger partial charge in [0.25, 0.3) is 0 Å². The maximum Gasteiger partial charge on any atom is 0.0455 e. The Labute approximate surface area is 109 Å². The standard InChI is InChI=1S/C14H21ClN2/c1-11-3-4-13(9-14(11)15)16-10-12-5-7-17(2)8-6-12/h3-4,9,12,16H,5-8,10H2,1-2H3. The van der Waals surface area contributed by atoms with Crippen molar-refractivity contribution in [2.45, 2.75) is 19.8 Å². The van der Waals surface area contributed by atoms with Gasteiger partial charge in [-0.15, -0.1) is 0 Å². The molecular weight excluding hydrogens is 232 g/mol. The lowest BCUT2D eigenvalue weighted by atomic mass is 9.97. The van der Waals surface area contributed by atoms with Gasteiger partial charge in [0, 0.05) is 17.3 Å². The van der Waals surface area contributed by atoms with Crippen molar-refractivity contribution < 1.29 is 0 Å². The molecular formula is C14H21ClN2. The van der Waals surface area contributed by atoms with Crippen LogP contribution in [0.2, 0.25) is 5.02 Å². The van der Waals surface area contributed by atoms with Crippen molar-refractivity contribution in [3.63, 3.8) is 0 Å². The molecule has 0 aliphatic carbocycles. The van der Waals surface area contributed by atoms with Gasteiger partial charge in [0.1, 0.15) is 0 Å². The predicted octanol–water partition coefficient (Wildman–Crippen LogP) is 3.40. The van der Waals surface area contributed by atoms with Gasteiger partial charge in [-0.2, -0.15) is 0 Å². The molecule has 1 fully saturated rings. The minimum Gasteiger partial charge on any atom is -0.385 e. The molecule has 1 aliphatic rings. The Morgan fingerprint density at radius 2 is 2.06 bits per heavy atom. The molecule has 0 bridgehead atoms. The molecule has 17 heavy (non-hydrogen) atoms. The average Bonchev–Trinajstić information content (AvgIpc) is 2.33. The van der Waals surface area contributed by atoms with Crippen LogP contribution in [0.1, 0.15) is 18.4 Å². The summed E-state index contributed by atoms with van der Waals surface area (Å²) in [5.74, 6) is 0.797. The van der Waals surface area contributed by atoms with E-state index in [0.29, 0.717) is 0 Å². The van der Waals surface area contributed by atoms with Crippen LogP contribution in [0, 0.1) is 12.8 Å². The fraction of sp³-hybridized carbons (Fsp3) is 0.571. The first-order chi connectivity index (χ1) is 8.15. The highest BCUT2D eigenvalue weighted by atomic mass is 35.5. The fourth-order valence-corrected chi connectivity index (χ4v) is 2.41. The summed E-state index contributed by atoms with van der Waals surface area (Å²) in [7, 11) is 2.20. The van der Waals surface area contributed by atoms with E-state index < -0.39 is 0 Å². The quantitative estimate of drug-likeness (QED) is 0.887. The second kappa shape index (κ2) is 5.74. The maximum atomic E-state index is 6.11. The summed E-state index contributed by atoms with van der Waals surface area (Å²) in [6.45, 7) is 5.54. The third-order valence-corrected chi connectivity index (χ3v) is 4.01. The number of hydrogen-bond donors (Lipinski definition) is 1. The largest absolute Gasteiger partial charge is 0.385 e. The molecule has 1 N–H and O–H groups in total. The normalized spacial score (nSPS) is 18.3. The minimum atomic E-state index is 0.797. The molecule has 2 rings (SSSR count). The molecule has 1 saturated heterocycles. The fourth-order valence-electron chi connectivity index (χ4n) is 2.23. The number of piperidine rings is 1. The Kier molecular flexibility index (Phi) is 4.30. The molecule has 0 radical (unpaired) electrons. The minimum absolute atomic E-state index is 0.797. The molecule has 0 aromatic heterocycles. The molecule has 0 amide bonds. The molecule has 1 heterocycles. The monoisotopic (exact) mass is 252 g/mol. The first-order valence-corrected chi connectivity index (χ1v) is 6.71. The number of likely N-dealkylation sites (tertiary alicyclic amines) is 1. The molecule has 0 saturated carbocycles. The molecule has 1 aromatic rings. The van der Waals surface area contributed by atoms with Crippen molar-refractivity contribution >= 4 is 17.3 Å². The second-order valence-corrected chi connectivity index (χ2v) is 5.50. The zero-order valence-electron chi connectivity index (χ0n) is 10.7. The number of halogens is 1. The number of rotatable bonds is 3. The Balaban J connectivity index is 1.83. The molecule has 0 atom stereocenters. The van der Waals surface area contributed by atoms with Crippen LogP contribution in [0.25, 0.3) is 0 Å². The smallest absolute Gasteiger partial charge is 0.0455 e. The van der Waals surface area contributed by atoms with Crippen LogP contribution in [-0.4, -0.2) is 31.6 Å². The van der Waals surface area contributed by atoms with Gasteiger partial charge in [0.05, 0.1) is 0 Å². The number of anilines is 1. The summed E-state index contributed by atoms with van der Waals surface area (Å²) in [5.41, 5.74) is 2.27. The van der Waals surface area contributed by atoms with Gasteiger partial charge in [0.2, 0.25) is 0 Å². The summed E-state index contributed by atoms with van der Waals surface area (Å²) in [5, 5.41) is 4.34. The van der Waals surface area contributed by atoms with Crippen molar-refractivity contribution in [3.8, 4) is 0 Å². The van der Waals surface area contributed by atoms with E-state index in [4.69, 9.17) is 11.6 Å². The van der Waals surface area contributed by atoms with E-state index in [2.05, 4.69) is 29.4 Å². The van der Waals surface area contributed by atoms with Crippen molar-refractivity contribution in [2.24, 2.45) is 5.92 Å². The highest BCUT2D eigenvalue weighted by Crippen LogP contribution is 2.21. The van der Waals surface area contributed by atoms with Crippen LogP contribution in [0.15, 0.2) is 18.2 Å². The van der Waals surface area contributed by atoms with Gasteiger partial charge in [-0.05, 0) is 63.5 Å². The molecule has 1 aromatic carbocycles. The van der Waals surface area contributed by atoms with Crippen molar-refractivity contribution in [3.05, 3.63) is 28.8 Å². The third-order valence-electron chi connectivity index (χ3n) is 3.60. The van der Waals surface area contributed by atoms with Crippen molar-refractivity contribution in [1.29, 1.82) is 0 Å². The van der Waals surface area contributed by atoms with Crippen LogP contribution in [0.5, 0.6) is 0 Å². The van der Waals surface area contributed by atoms with Crippen LogP contribution in [-0.2, 0) is 0 Å². The number of aryl methyl sites for hydroxylation is 1. The lowest BCUT2D eigenvalue weighted by Crippen LogP contribution is -2.32. The molecule has 1 aliphatic heterocycles. The zero-order valence-corrected chi connectivity index (χ0v) is 11.4. The SMILES string of the molecule is Cc1ccc(NCC2CCN(C)CC2)cc1Cl. The molecule has 0 spiro atoms. The van der Waals surface area contributed by atoms with Crippen molar-refractivity contribution in [1.82, 2.24) is 4.90 Å². The van der Waals surface area contributed by atoms with E-state index in [1.807, 2.05) is 13.0 Å². The van der Waals surface area contributed by atoms with E-state index in [1.54, 1.807) is 0 Å². The number of benzene rings is 1. The maximum absolute atomic E-state index is 6.11.